The Bertz CT molecular complexity index is 1340. The number of ether oxygens (including phenoxy) is 2. The fourth-order valence-corrected chi connectivity index (χ4v) is 4.88. The maximum Gasteiger partial charge on any atom is 0.410 e. The second kappa shape index (κ2) is 9.65. The second-order valence-electron chi connectivity index (χ2n) is 11.0. The number of hydrogen-bond donors (Lipinski definition) is 2. The van der Waals surface area contributed by atoms with Gasteiger partial charge in [-0.05, 0) is 88.9 Å². The molecule has 1 aliphatic rings. The van der Waals surface area contributed by atoms with Crippen LogP contribution in [0.1, 0.15) is 57.4 Å². The minimum absolute atomic E-state index is 0.124. The van der Waals surface area contributed by atoms with E-state index in [1.54, 1.807) is 65.0 Å². The van der Waals surface area contributed by atoms with Crippen molar-refractivity contribution in [1.82, 2.24) is 4.90 Å². The third-order valence-electron chi connectivity index (χ3n) is 6.54. The number of rotatable bonds is 4. The highest BCUT2D eigenvalue weighted by Crippen LogP contribution is 2.45. The van der Waals surface area contributed by atoms with Gasteiger partial charge >= 0.3 is 11.2 Å². The van der Waals surface area contributed by atoms with Crippen LogP contribution in [0.5, 0.6) is 5.75 Å². The van der Waals surface area contributed by atoms with Crippen LogP contribution >= 0.6 is 11.6 Å². The molecule has 4 rings (SSSR count). The first kappa shape index (κ1) is 26.9. The quantitative estimate of drug-likeness (QED) is 0.263. The molecule has 37 heavy (non-hydrogen) atoms. The summed E-state index contributed by atoms with van der Waals surface area (Å²) in [4.78, 5) is 15.0. The van der Waals surface area contributed by atoms with Gasteiger partial charge in [0.05, 0.1) is 11.4 Å². The summed E-state index contributed by atoms with van der Waals surface area (Å²) in [5.41, 5.74) is 0.752. The first-order valence-electron chi connectivity index (χ1n) is 12.2. The minimum Gasteiger partial charge on any atom is -0.485 e. The van der Waals surface area contributed by atoms with Crippen LogP contribution in [0, 0.1) is 12.7 Å². The van der Waals surface area contributed by atoms with Crippen molar-refractivity contribution in [3.63, 3.8) is 0 Å². The first-order valence-corrected chi connectivity index (χ1v) is 12.5. The molecular formula is C28H33ClFN2O5+. The summed E-state index contributed by atoms with van der Waals surface area (Å²) in [5, 5.41) is 23.0. The topological polar surface area (TPSA) is 83.1 Å². The van der Waals surface area contributed by atoms with Gasteiger partial charge < -0.3 is 14.6 Å². The summed E-state index contributed by atoms with van der Waals surface area (Å²) in [6.45, 7) is 10.9. The zero-order valence-corrected chi connectivity index (χ0v) is 22.6. The molecule has 2 N–H and O–H groups in total. The summed E-state index contributed by atoms with van der Waals surface area (Å²) in [6, 6.07) is 10.3. The lowest BCUT2D eigenvalue weighted by atomic mass is 9.84. The summed E-state index contributed by atoms with van der Waals surface area (Å²) in [7, 11) is 0. The predicted molar refractivity (Wildman–Crippen MR) is 138 cm³/mol. The van der Waals surface area contributed by atoms with Gasteiger partial charge in [-0.3, -0.25) is 10.1 Å². The second-order valence-corrected chi connectivity index (χ2v) is 11.4. The minimum atomic E-state index is -1.13. The van der Waals surface area contributed by atoms with E-state index in [4.69, 9.17) is 21.1 Å². The van der Waals surface area contributed by atoms with Crippen molar-refractivity contribution < 1.29 is 33.7 Å². The molecular weight excluding hydrogens is 499 g/mol. The fraction of sp³-hybridized carbons (Fsp3) is 0.429. The number of nitrogens with zero attached hydrogens (tertiary/aromatic N) is 2. The fourth-order valence-electron chi connectivity index (χ4n) is 4.63. The molecule has 2 heterocycles. The van der Waals surface area contributed by atoms with Gasteiger partial charge in [0.15, 0.2) is 0 Å². The smallest absolute Gasteiger partial charge is 0.410 e. The van der Waals surface area contributed by atoms with Crippen LogP contribution in [0.15, 0.2) is 42.5 Å². The number of benzene rings is 2. The lowest BCUT2D eigenvalue weighted by Gasteiger charge is -2.46. The molecule has 1 aliphatic heterocycles. The summed E-state index contributed by atoms with van der Waals surface area (Å²) in [5.74, 6) is 0.134. The molecule has 0 fully saturated rings. The van der Waals surface area contributed by atoms with E-state index in [2.05, 4.69) is 0 Å². The van der Waals surface area contributed by atoms with Crippen molar-refractivity contribution in [1.29, 1.82) is 0 Å². The van der Waals surface area contributed by atoms with Crippen molar-refractivity contribution in [2.75, 3.05) is 6.54 Å². The van der Waals surface area contributed by atoms with E-state index in [1.807, 2.05) is 6.92 Å². The first-order chi connectivity index (χ1) is 17.2. The molecule has 1 amide bonds. The number of carbonyl (C=O) groups excluding carboxylic acids is 1. The Morgan fingerprint density at radius 1 is 1.22 bits per heavy atom. The number of aryl methyl sites for hydroxylation is 1. The highest BCUT2D eigenvalue weighted by Gasteiger charge is 2.48. The molecule has 1 aromatic heterocycles. The number of carbonyl (C=O) groups is 1. The maximum atomic E-state index is 13.6. The number of pyridine rings is 1. The molecule has 0 radical (unpaired) electrons. The Hall–Kier alpha value is -3.10. The zero-order valence-electron chi connectivity index (χ0n) is 21.9. The van der Waals surface area contributed by atoms with E-state index in [-0.39, 0.29) is 17.5 Å². The summed E-state index contributed by atoms with van der Waals surface area (Å²) < 4.78 is 26.3. The van der Waals surface area contributed by atoms with Crippen LogP contribution in [-0.2, 0) is 11.2 Å². The van der Waals surface area contributed by atoms with Crippen LogP contribution < -0.4 is 9.47 Å². The summed E-state index contributed by atoms with van der Waals surface area (Å²) in [6.07, 6.45) is -1.34. The Labute approximate surface area is 220 Å². The Morgan fingerprint density at radius 2 is 1.86 bits per heavy atom. The number of aromatic nitrogens is 1. The zero-order chi connectivity index (χ0) is 27.3. The summed E-state index contributed by atoms with van der Waals surface area (Å²) >= 11 is 6.22. The number of amides is 1. The van der Waals surface area contributed by atoms with Gasteiger partial charge in [0.25, 0.3) is 5.52 Å². The predicted octanol–water partition coefficient (Wildman–Crippen LogP) is 5.52. The molecule has 0 unspecified atom stereocenters. The van der Waals surface area contributed by atoms with Crippen LogP contribution in [0.25, 0.3) is 10.9 Å². The molecule has 0 spiro atoms. The van der Waals surface area contributed by atoms with Gasteiger partial charge in [-0.25, -0.2) is 9.18 Å². The van der Waals surface area contributed by atoms with Crippen LogP contribution in [0.2, 0.25) is 5.15 Å². The van der Waals surface area contributed by atoms with Crippen molar-refractivity contribution in [2.45, 2.75) is 71.3 Å². The molecule has 0 bridgehead atoms. The molecule has 7 nitrogen and oxygen atoms in total. The van der Waals surface area contributed by atoms with Gasteiger partial charge in [0.2, 0.25) is 0 Å². The molecule has 9 heteroatoms. The van der Waals surface area contributed by atoms with Crippen LogP contribution in [-0.4, -0.2) is 45.2 Å². The highest BCUT2D eigenvalue weighted by molar-refractivity contribution is 6.28. The normalized spacial score (nSPS) is 18.7. The van der Waals surface area contributed by atoms with Crippen LogP contribution in [0.4, 0.5) is 9.18 Å². The lowest BCUT2D eigenvalue weighted by Crippen LogP contribution is -2.55. The number of aliphatic hydroxyl groups excluding tert-OH is 1. The Kier molecular flexibility index (Phi) is 7.03. The molecule has 198 valence electrons. The van der Waals surface area contributed by atoms with Crippen molar-refractivity contribution in [3.8, 4) is 5.75 Å². The average Bonchev–Trinajstić information content (AvgIpc) is 2.79. The molecule has 0 aliphatic carbocycles. The number of halogens is 2. The highest BCUT2D eigenvalue weighted by atomic mass is 35.5. The number of aliphatic hydroxyl groups is 1. The van der Waals surface area contributed by atoms with Gasteiger partial charge in [-0.2, -0.15) is 0 Å². The van der Waals surface area contributed by atoms with Crippen molar-refractivity contribution in [3.05, 3.63) is 70.1 Å². The lowest BCUT2D eigenvalue weighted by molar-refractivity contribution is -0.882. The molecule has 0 saturated heterocycles. The third kappa shape index (κ3) is 5.45. The monoisotopic (exact) mass is 531 g/mol. The van der Waals surface area contributed by atoms with Gasteiger partial charge in [-0.1, -0.05) is 12.1 Å². The number of hydrogen-bond acceptors (Lipinski definition) is 5. The van der Waals surface area contributed by atoms with Crippen molar-refractivity contribution in [2.24, 2.45) is 0 Å². The largest absolute Gasteiger partial charge is 0.485 e. The Balaban J connectivity index is 1.86. The van der Waals surface area contributed by atoms with E-state index in [9.17, 15) is 19.5 Å². The molecule has 2 atom stereocenters. The Morgan fingerprint density at radius 3 is 2.49 bits per heavy atom. The van der Waals surface area contributed by atoms with Gasteiger partial charge in [0.1, 0.15) is 28.9 Å². The SMILES string of the molecule is Cc1cc(Cl)[n+](O)c2cc3c(cc12)OC(C)(C)[C@H](O)[C@H]3N(CCc1ccc(F)cc1)C(=O)OC(C)(C)C. The van der Waals surface area contributed by atoms with E-state index in [1.165, 1.54) is 17.0 Å². The van der Waals surface area contributed by atoms with E-state index in [0.29, 0.717) is 28.6 Å². The van der Waals surface area contributed by atoms with Gasteiger partial charge in [-0.15, -0.1) is 0 Å². The van der Waals surface area contributed by atoms with Crippen molar-refractivity contribution >= 4 is 28.6 Å². The maximum absolute atomic E-state index is 13.6. The van der Waals surface area contributed by atoms with E-state index < -0.39 is 29.4 Å². The van der Waals surface area contributed by atoms with Gasteiger partial charge in [0, 0.05) is 29.0 Å². The molecule has 0 saturated carbocycles. The molecule has 2 aromatic carbocycles. The average molecular weight is 532 g/mol. The van der Waals surface area contributed by atoms with E-state index >= 15 is 0 Å². The standard InChI is InChI=1S/C28H33ClFN2O5/c1-16-13-23(29)32(35)21-14-20-22(15-19(16)21)36-28(5,6)25(33)24(20)31(26(34)37-27(2,3)4)12-11-17-7-9-18(30)10-8-17/h7-10,13-15,24-25,33,35H,11-12H2,1-6H3/q+1/t24-,25+/m0/s1. The number of fused-ring (bicyclic) bond motifs is 2. The van der Waals surface area contributed by atoms with E-state index in [0.717, 1.165) is 15.9 Å². The third-order valence-corrected chi connectivity index (χ3v) is 6.81. The van der Waals surface area contributed by atoms with Crippen LogP contribution in [0.3, 0.4) is 0 Å². The molecule has 3 aromatic rings.